The molecule has 4 rings (SSSR count). The number of hydrogen-bond donors (Lipinski definition) is 2. The zero-order chi connectivity index (χ0) is 21.1. The van der Waals surface area contributed by atoms with Gasteiger partial charge in [-0.1, -0.05) is 6.07 Å². The van der Waals surface area contributed by atoms with E-state index in [9.17, 15) is 9.90 Å². The molecular formula is C22H32N4O3. The molecule has 2 aliphatic rings. The molecule has 2 aromatic rings. The van der Waals surface area contributed by atoms with Crippen molar-refractivity contribution >= 4 is 11.6 Å². The third-order valence-corrected chi connectivity index (χ3v) is 6.03. The van der Waals surface area contributed by atoms with Crippen LogP contribution in [0.15, 0.2) is 24.4 Å². The number of carbonyl (C=O) groups excluding carboxylic acids is 1. The molecule has 1 aliphatic heterocycles. The number of piperidine rings is 1. The highest BCUT2D eigenvalue weighted by Crippen LogP contribution is 2.52. The van der Waals surface area contributed by atoms with Gasteiger partial charge in [0.25, 0.3) is 0 Å². The molecule has 2 aromatic heterocycles. The highest BCUT2D eigenvalue weighted by molar-refractivity contribution is 5.83. The molecule has 0 radical (unpaired) electrons. The molecule has 2 fully saturated rings. The third kappa shape index (κ3) is 3.79. The lowest BCUT2D eigenvalue weighted by Crippen LogP contribution is -2.46. The van der Waals surface area contributed by atoms with Crippen molar-refractivity contribution in [3.05, 3.63) is 35.8 Å². The first-order valence-corrected chi connectivity index (χ1v) is 10.3. The van der Waals surface area contributed by atoms with Gasteiger partial charge in [-0.05, 0) is 65.5 Å². The standard InChI is InChI=1S/C22H32N4O3/c1-13-18(26-10-8-7-9-16(26)23-13)22(5,6)24-19(27)17-14-11-25(12-15(14)17)20(28)29-21(2,3)4/h7-10,14-15,17,20,28H,11-12H2,1-6H3,(H,24,27)/t14-,15+,17?,20?. The Kier molecular flexibility index (Phi) is 4.76. The zero-order valence-corrected chi connectivity index (χ0v) is 18.1. The summed E-state index contributed by atoms with van der Waals surface area (Å²) in [7, 11) is 0. The minimum Gasteiger partial charge on any atom is -0.356 e. The summed E-state index contributed by atoms with van der Waals surface area (Å²) < 4.78 is 7.69. The van der Waals surface area contributed by atoms with Crippen molar-refractivity contribution in [2.24, 2.45) is 17.8 Å². The van der Waals surface area contributed by atoms with Gasteiger partial charge >= 0.3 is 0 Å². The number of aliphatic hydroxyl groups is 1. The van der Waals surface area contributed by atoms with Crippen molar-refractivity contribution in [1.82, 2.24) is 19.6 Å². The fourth-order valence-electron chi connectivity index (χ4n) is 4.84. The molecule has 3 heterocycles. The van der Waals surface area contributed by atoms with Crippen LogP contribution in [0, 0.1) is 24.7 Å². The second kappa shape index (κ2) is 6.79. The highest BCUT2D eigenvalue weighted by Gasteiger charge is 2.60. The van der Waals surface area contributed by atoms with E-state index in [1.54, 1.807) is 0 Å². The minimum absolute atomic E-state index is 0.00635. The predicted octanol–water partition coefficient (Wildman–Crippen LogP) is 2.26. The number of hydrogen-bond acceptors (Lipinski definition) is 5. The Morgan fingerprint density at radius 3 is 2.52 bits per heavy atom. The maximum Gasteiger partial charge on any atom is 0.224 e. The number of ether oxygens (including phenoxy) is 1. The lowest BCUT2D eigenvalue weighted by Gasteiger charge is -2.31. The van der Waals surface area contributed by atoms with Crippen LogP contribution in [0.25, 0.3) is 5.65 Å². The first kappa shape index (κ1) is 20.3. The summed E-state index contributed by atoms with van der Waals surface area (Å²) >= 11 is 0. The lowest BCUT2D eigenvalue weighted by atomic mass is 9.98. The van der Waals surface area contributed by atoms with Crippen LogP contribution in [0.4, 0.5) is 0 Å². The van der Waals surface area contributed by atoms with Gasteiger partial charge in [-0.3, -0.25) is 9.69 Å². The van der Waals surface area contributed by atoms with E-state index >= 15 is 0 Å². The van der Waals surface area contributed by atoms with Crippen molar-refractivity contribution in [2.75, 3.05) is 13.1 Å². The number of pyridine rings is 1. The van der Waals surface area contributed by atoms with Crippen molar-refractivity contribution in [2.45, 2.75) is 59.1 Å². The number of carbonyl (C=O) groups is 1. The second-order valence-electron chi connectivity index (χ2n) is 9.95. The van der Waals surface area contributed by atoms with Crippen molar-refractivity contribution in [3.8, 4) is 0 Å². The molecule has 0 spiro atoms. The smallest absolute Gasteiger partial charge is 0.224 e. The van der Waals surface area contributed by atoms with Gasteiger partial charge in [0.15, 0.2) is 0 Å². The quantitative estimate of drug-likeness (QED) is 0.753. The Morgan fingerprint density at radius 1 is 1.24 bits per heavy atom. The normalized spacial score (nSPS) is 25.8. The molecule has 1 saturated heterocycles. The number of amides is 1. The van der Waals surface area contributed by atoms with E-state index in [0.717, 1.165) is 17.0 Å². The maximum atomic E-state index is 13.0. The van der Waals surface area contributed by atoms with Crippen LogP contribution >= 0.6 is 0 Å². The summed E-state index contributed by atoms with van der Waals surface area (Å²) in [4.78, 5) is 19.6. The van der Waals surface area contributed by atoms with E-state index in [1.807, 2.05) is 75.2 Å². The van der Waals surface area contributed by atoms with Crippen LogP contribution < -0.4 is 5.32 Å². The van der Waals surface area contributed by atoms with Gasteiger partial charge in [0.1, 0.15) is 5.65 Å². The number of aryl methyl sites for hydroxylation is 1. The van der Waals surface area contributed by atoms with Gasteiger partial charge in [-0.25, -0.2) is 4.98 Å². The average Bonchev–Trinajstić information content (AvgIpc) is 2.94. The molecule has 158 valence electrons. The van der Waals surface area contributed by atoms with E-state index in [4.69, 9.17) is 4.74 Å². The largest absolute Gasteiger partial charge is 0.356 e. The van der Waals surface area contributed by atoms with E-state index in [1.165, 1.54) is 0 Å². The average molecular weight is 401 g/mol. The molecule has 1 amide bonds. The molecule has 0 bridgehead atoms. The van der Waals surface area contributed by atoms with Gasteiger partial charge in [0.05, 0.1) is 22.5 Å². The predicted molar refractivity (Wildman–Crippen MR) is 110 cm³/mol. The highest BCUT2D eigenvalue weighted by atomic mass is 16.6. The molecule has 2 unspecified atom stereocenters. The van der Waals surface area contributed by atoms with E-state index in [-0.39, 0.29) is 23.7 Å². The lowest BCUT2D eigenvalue weighted by molar-refractivity contribution is -0.236. The van der Waals surface area contributed by atoms with Gasteiger partial charge in [0, 0.05) is 25.2 Å². The van der Waals surface area contributed by atoms with Crippen LogP contribution in [0.2, 0.25) is 0 Å². The number of likely N-dealkylation sites (tertiary alicyclic amines) is 1. The van der Waals surface area contributed by atoms with Crippen molar-refractivity contribution < 1.29 is 14.6 Å². The Hall–Kier alpha value is -1.96. The minimum atomic E-state index is -0.913. The van der Waals surface area contributed by atoms with Crippen LogP contribution in [-0.4, -0.2) is 50.4 Å². The fourth-order valence-corrected chi connectivity index (χ4v) is 4.84. The topological polar surface area (TPSA) is 79.1 Å². The number of nitrogens with one attached hydrogen (secondary N) is 1. The first-order chi connectivity index (χ1) is 13.5. The zero-order valence-electron chi connectivity index (χ0n) is 18.1. The molecule has 1 saturated carbocycles. The van der Waals surface area contributed by atoms with Gasteiger partial charge in [-0.15, -0.1) is 0 Å². The van der Waals surface area contributed by atoms with Gasteiger partial charge in [0.2, 0.25) is 12.3 Å². The van der Waals surface area contributed by atoms with E-state index in [0.29, 0.717) is 13.1 Å². The number of nitrogens with zero attached hydrogens (tertiary/aromatic N) is 3. The summed E-state index contributed by atoms with van der Waals surface area (Å²) in [5, 5.41) is 13.5. The van der Waals surface area contributed by atoms with Gasteiger partial charge in [-0.2, -0.15) is 0 Å². The maximum absolute atomic E-state index is 13.0. The monoisotopic (exact) mass is 400 g/mol. The Bertz CT molecular complexity index is 918. The van der Waals surface area contributed by atoms with Crippen LogP contribution in [0.1, 0.15) is 46.0 Å². The molecule has 0 aromatic carbocycles. The summed E-state index contributed by atoms with van der Waals surface area (Å²) in [6.45, 7) is 13.2. The number of imidazole rings is 1. The second-order valence-corrected chi connectivity index (χ2v) is 9.95. The molecule has 1 aliphatic carbocycles. The van der Waals surface area contributed by atoms with Gasteiger partial charge < -0.3 is 19.6 Å². The first-order valence-electron chi connectivity index (χ1n) is 10.3. The number of aliphatic hydroxyl groups excluding tert-OH is 1. The SMILES string of the molecule is Cc1nc2ccccn2c1C(C)(C)NC(=O)C1[C@H]2CN(C(O)OC(C)(C)C)C[C@@H]12. The summed E-state index contributed by atoms with van der Waals surface area (Å²) in [5.74, 6) is 0.660. The summed E-state index contributed by atoms with van der Waals surface area (Å²) in [5.41, 5.74) is 1.87. The molecule has 2 N–H and O–H groups in total. The van der Waals surface area contributed by atoms with Crippen LogP contribution in [0.5, 0.6) is 0 Å². The Morgan fingerprint density at radius 2 is 1.90 bits per heavy atom. The Balaban J connectivity index is 1.41. The molecule has 29 heavy (non-hydrogen) atoms. The van der Waals surface area contributed by atoms with Crippen LogP contribution in [0.3, 0.4) is 0 Å². The van der Waals surface area contributed by atoms with E-state index in [2.05, 4.69) is 10.3 Å². The molecule has 4 atom stereocenters. The molecule has 7 nitrogen and oxygen atoms in total. The van der Waals surface area contributed by atoms with Crippen molar-refractivity contribution in [3.63, 3.8) is 0 Å². The van der Waals surface area contributed by atoms with Crippen molar-refractivity contribution in [1.29, 1.82) is 0 Å². The summed E-state index contributed by atoms with van der Waals surface area (Å²) in [6, 6.07) is 5.91. The summed E-state index contributed by atoms with van der Waals surface area (Å²) in [6.07, 6.45) is 1.07. The number of rotatable bonds is 5. The van der Waals surface area contributed by atoms with E-state index < -0.39 is 17.6 Å². The Labute approximate surface area is 172 Å². The molecular weight excluding hydrogens is 368 g/mol. The number of aromatic nitrogens is 2. The third-order valence-electron chi connectivity index (χ3n) is 6.03. The van der Waals surface area contributed by atoms with Crippen LogP contribution in [-0.2, 0) is 15.1 Å². The number of fused-ring (bicyclic) bond motifs is 2. The fraction of sp³-hybridized carbons (Fsp3) is 0.636. The molecule has 7 heteroatoms.